The Bertz CT molecular complexity index is 381. The van der Waals surface area contributed by atoms with Gasteiger partial charge in [0.25, 0.3) is 0 Å². The van der Waals surface area contributed by atoms with Crippen LogP contribution >= 0.6 is 0 Å². The Morgan fingerprint density at radius 3 is 2.78 bits per heavy atom. The lowest BCUT2D eigenvalue weighted by atomic mass is 9.96. The van der Waals surface area contributed by atoms with Crippen molar-refractivity contribution in [2.45, 2.75) is 51.0 Å². The highest BCUT2D eigenvalue weighted by Gasteiger charge is 2.18. The number of rotatable bonds is 4. The summed E-state index contributed by atoms with van der Waals surface area (Å²) >= 11 is 0. The van der Waals surface area contributed by atoms with Crippen molar-refractivity contribution in [3.8, 4) is 0 Å². The predicted octanol–water partition coefficient (Wildman–Crippen LogP) is 2.04. The average Bonchev–Trinajstić information content (AvgIpc) is 2.37. The minimum atomic E-state index is -0.155. The zero-order chi connectivity index (χ0) is 13.0. The van der Waals surface area contributed by atoms with E-state index in [1.807, 2.05) is 26.1 Å². The summed E-state index contributed by atoms with van der Waals surface area (Å²) in [6.07, 6.45) is 5.76. The molecule has 0 amide bonds. The smallest absolute Gasteiger partial charge is 0.128 e. The zero-order valence-corrected chi connectivity index (χ0v) is 11.4. The van der Waals surface area contributed by atoms with E-state index in [-0.39, 0.29) is 5.54 Å². The molecule has 2 rings (SSSR count). The minimum absolute atomic E-state index is 0.155. The lowest BCUT2D eigenvalue weighted by molar-refractivity contribution is 0.0844. The maximum atomic E-state index is 5.99. The summed E-state index contributed by atoms with van der Waals surface area (Å²) in [4.78, 5) is 9.02. The summed E-state index contributed by atoms with van der Waals surface area (Å²) in [5.41, 5.74) is 7.00. The van der Waals surface area contributed by atoms with E-state index in [1.54, 1.807) is 0 Å². The highest BCUT2D eigenvalue weighted by Crippen LogP contribution is 2.25. The van der Waals surface area contributed by atoms with Gasteiger partial charge in [-0.1, -0.05) is 0 Å². The van der Waals surface area contributed by atoms with Gasteiger partial charge < -0.3 is 10.5 Å². The van der Waals surface area contributed by atoms with Crippen LogP contribution in [0.1, 0.15) is 50.5 Å². The third-order valence-electron chi connectivity index (χ3n) is 3.36. The SMILES string of the molecule is CC(C)(N)CCc1nccc(C2CCOCC2)n1. The van der Waals surface area contributed by atoms with Crippen LogP contribution in [0.25, 0.3) is 0 Å². The summed E-state index contributed by atoms with van der Waals surface area (Å²) in [5, 5.41) is 0. The van der Waals surface area contributed by atoms with Gasteiger partial charge in [0, 0.05) is 43.0 Å². The normalized spacial score (nSPS) is 17.9. The van der Waals surface area contributed by atoms with E-state index < -0.39 is 0 Å². The van der Waals surface area contributed by atoms with E-state index in [2.05, 4.69) is 9.97 Å². The zero-order valence-electron chi connectivity index (χ0n) is 11.4. The van der Waals surface area contributed by atoms with E-state index in [0.29, 0.717) is 5.92 Å². The van der Waals surface area contributed by atoms with Gasteiger partial charge in [-0.15, -0.1) is 0 Å². The number of hydrogen-bond acceptors (Lipinski definition) is 4. The monoisotopic (exact) mass is 249 g/mol. The molecule has 1 saturated heterocycles. The van der Waals surface area contributed by atoms with Crippen LogP contribution in [0.3, 0.4) is 0 Å². The van der Waals surface area contributed by atoms with Crippen LogP contribution in [-0.2, 0) is 11.2 Å². The van der Waals surface area contributed by atoms with Crippen molar-refractivity contribution in [1.82, 2.24) is 9.97 Å². The molecular formula is C14H23N3O. The summed E-state index contributed by atoms with van der Waals surface area (Å²) in [7, 11) is 0. The molecular weight excluding hydrogens is 226 g/mol. The van der Waals surface area contributed by atoms with Gasteiger partial charge >= 0.3 is 0 Å². The Morgan fingerprint density at radius 1 is 1.39 bits per heavy atom. The lowest BCUT2D eigenvalue weighted by Crippen LogP contribution is -2.32. The molecule has 4 nitrogen and oxygen atoms in total. The number of aromatic nitrogens is 2. The van der Waals surface area contributed by atoms with Gasteiger partial charge in [-0.25, -0.2) is 9.97 Å². The quantitative estimate of drug-likeness (QED) is 0.887. The summed E-state index contributed by atoms with van der Waals surface area (Å²) in [5.74, 6) is 1.45. The van der Waals surface area contributed by atoms with Crippen LogP contribution in [0, 0.1) is 0 Å². The first-order valence-corrected chi connectivity index (χ1v) is 6.73. The summed E-state index contributed by atoms with van der Waals surface area (Å²) in [6, 6.07) is 2.03. The van der Waals surface area contributed by atoms with Crippen molar-refractivity contribution in [2.75, 3.05) is 13.2 Å². The topological polar surface area (TPSA) is 61.0 Å². The van der Waals surface area contributed by atoms with Gasteiger partial charge in [-0.3, -0.25) is 0 Å². The molecule has 0 unspecified atom stereocenters. The van der Waals surface area contributed by atoms with Crippen molar-refractivity contribution in [3.05, 3.63) is 23.8 Å². The first-order chi connectivity index (χ1) is 8.54. The van der Waals surface area contributed by atoms with E-state index in [1.165, 1.54) is 0 Å². The fourth-order valence-corrected chi connectivity index (χ4v) is 2.19. The molecule has 1 fully saturated rings. The van der Waals surface area contributed by atoms with Crippen LogP contribution in [0.5, 0.6) is 0 Å². The van der Waals surface area contributed by atoms with Crippen LogP contribution < -0.4 is 5.73 Å². The van der Waals surface area contributed by atoms with Gasteiger partial charge in [-0.2, -0.15) is 0 Å². The molecule has 2 heterocycles. The number of aryl methyl sites for hydroxylation is 1. The first-order valence-electron chi connectivity index (χ1n) is 6.73. The second-order valence-electron chi connectivity index (χ2n) is 5.77. The maximum Gasteiger partial charge on any atom is 0.128 e. The standard InChI is InChI=1S/C14H23N3O/c1-14(2,15)7-3-13-16-8-4-12(17-13)11-5-9-18-10-6-11/h4,8,11H,3,5-7,9-10,15H2,1-2H3. The van der Waals surface area contributed by atoms with Crippen molar-refractivity contribution in [2.24, 2.45) is 5.73 Å². The molecule has 0 atom stereocenters. The van der Waals surface area contributed by atoms with Crippen molar-refractivity contribution < 1.29 is 4.74 Å². The fourth-order valence-electron chi connectivity index (χ4n) is 2.19. The van der Waals surface area contributed by atoms with E-state index >= 15 is 0 Å². The van der Waals surface area contributed by atoms with Crippen molar-refractivity contribution >= 4 is 0 Å². The van der Waals surface area contributed by atoms with E-state index in [4.69, 9.17) is 10.5 Å². The molecule has 0 aromatic carbocycles. The molecule has 1 aromatic rings. The highest BCUT2D eigenvalue weighted by molar-refractivity contribution is 5.09. The largest absolute Gasteiger partial charge is 0.381 e. The second-order valence-corrected chi connectivity index (χ2v) is 5.77. The van der Waals surface area contributed by atoms with Crippen LogP contribution in [0.15, 0.2) is 12.3 Å². The van der Waals surface area contributed by atoms with Crippen LogP contribution in [0.4, 0.5) is 0 Å². The molecule has 0 spiro atoms. The number of nitrogens with two attached hydrogens (primary N) is 1. The predicted molar refractivity (Wildman–Crippen MR) is 71.4 cm³/mol. The third kappa shape index (κ3) is 4.03. The molecule has 100 valence electrons. The third-order valence-corrected chi connectivity index (χ3v) is 3.36. The Hall–Kier alpha value is -1.00. The van der Waals surface area contributed by atoms with Gasteiger partial charge in [0.05, 0.1) is 0 Å². The molecule has 18 heavy (non-hydrogen) atoms. The van der Waals surface area contributed by atoms with Gasteiger partial charge in [0.1, 0.15) is 5.82 Å². The van der Waals surface area contributed by atoms with Crippen molar-refractivity contribution in [3.63, 3.8) is 0 Å². The molecule has 0 bridgehead atoms. The first kappa shape index (κ1) is 13.4. The second kappa shape index (κ2) is 5.76. The van der Waals surface area contributed by atoms with Crippen LogP contribution in [-0.4, -0.2) is 28.7 Å². The van der Waals surface area contributed by atoms with Crippen LogP contribution in [0.2, 0.25) is 0 Å². The molecule has 4 heteroatoms. The maximum absolute atomic E-state index is 5.99. The van der Waals surface area contributed by atoms with E-state index in [9.17, 15) is 0 Å². The van der Waals surface area contributed by atoms with Gasteiger partial charge in [0.15, 0.2) is 0 Å². The van der Waals surface area contributed by atoms with Gasteiger partial charge in [0.2, 0.25) is 0 Å². The highest BCUT2D eigenvalue weighted by atomic mass is 16.5. The Kier molecular flexibility index (Phi) is 4.30. The van der Waals surface area contributed by atoms with Gasteiger partial charge in [-0.05, 0) is 39.2 Å². The summed E-state index contributed by atoms with van der Waals surface area (Å²) in [6.45, 7) is 5.77. The molecule has 1 aromatic heterocycles. The minimum Gasteiger partial charge on any atom is -0.381 e. The number of hydrogen-bond donors (Lipinski definition) is 1. The summed E-state index contributed by atoms with van der Waals surface area (Å²) < 4.78 is 5.38. The lowest BCUT2D eigenvalue weighted by Gasteiger charge is -2.22. The molecule has 0 radical (unpaired) electrons. The Labute approximate surface area is 109 Å². The average molecular weight is 249 g/mol. The molecule has 0 aliphatic carbocycles. The molecule has 1 aliphatic rings. The number of ether oxygens (including phenoxy) is 1. The molecule has 1 aliphatic heterocycles. The molecule has 0 saturated carbocycles. The van der Waals surface area contributed by atoms with E-state index in [0.717, 1.165) is 50.4 Å². The Morgan fingerprint density at radius 2 is 2.11 bits per heavy atom. The fraction of sp³-hybridized carbons (Fsp3) is 0.714. The molecule has 2 N–H and O–H groups in total. The van der Waals surface area contributed by atoms with Crippen molar-refractivity contribution in [1.29, 1.82) is 0 Å². The number of nitrogens with zero attached hydrogens (tertiary/aromatic N) is 2. The Balaban J connectivity index is 2.00.